The lowest BCUT2D eigenvalue weighted by atomic mass is 10.1. The molecule has 2 N–H and O–H groups in total. The van der Waals surface area contributed by atoms with E-state index in [4.69, 9.17) is 5.11 Å². The highest BCUT2D eigenvalue weighted by molar-refractivity contribution is 6.09. The number of benzene rings is 2. The zero-order valence-electron chi connectivity index (χ0n) is 12.6. The summed E-state index contributed by atoms with van der Waals surface area (Å²) in [7, 11) is 1.25. The summed E-state index contributed by atoms with van der Waals surface area (Å²) < 4.78 is 4.44. The maximum Gasteiger partial charge on any atom is 0.337 e. The Balaban J connectivity index is 0.000000172. The first-order valence-corrected chi connectivity index (χ1v) is 6.75. The molecule has 118 valence electrons. The number of hydrogen-bond donors (Lipinski definition) is 2. The van der Waals surface area contributed by atoms with Crippen LogP contribution >= 0.6 is 0 Å². The van der Waals surface area contributed by atoms with Crippen LogP contribution in [0.3, 0.4) is 0 Å². The van der Waals surface area contributed by atoms with Gasteiger partial charge in [-0.1, -0.05) is 6.07 Å². The molecular weight excluding hydrogens is 298 g/mol. The first-order chi connectivity index (χ1) is 10.9. The Labute approximate surface area is 132 Å². The van der Waals surface area contributed by atoms with E-state index in [9.17, 15) is 14.4 Å². The number of rotatable bonds is 2. The SMILES string of the molecule is COC(=O)c1cccc(C(=O)O)c1.Cc1cc2cc(c1)C(=O)N2. The number of esters is 1. The van der Waals surface area contributed by atoms with Crippen molar-refractivity contribution in [1.82, 2.24) is 0 Å². The van der Waals surface area contributed by atoms with Gasteiger partial charge in [0.2, 0.25) is 0 Å². The van der Waals surface area contributed by atoms with Crippen molar-refractivity contribution in [2.45, 2.75) is 6.92 Å². The average Bonchev–Trinajstić information content (AvgIpc) is 2.79. The number of amides is 1. The molecule has 3 rings (SSSR count). The maximum absolute atomic E-state index is 11.0. The Bertz CT molecular complexity index is 782. The number of carboxylic acid groups (broad SMARTS) is 1. The van der Waals surface area contributed by atoms with Gasteiger partial charge in [-0.25, -0.2) is 9.59 Å². The summed E-state index contributed by atoms with van der Waals surface area (Å²) in [6.07, 6.45) is 0. The third kappa shape index (κ3) is 3.94. The van der Waals surface area contributed by atoms with Gasteiger partial charge < -0.3 is 15.2 Å². The quantitative estimate of drug-likeness (QED) is 0.832. The molecule has 0 saturated heterocycles. The van der Waals surface area contributed by atoms with Crippen molar-refractivity contribution in [3.63, 3.8) is 0 Å². The van der Waals surface area contributed by atoms with Crippen LogP contribution < -0.4 is 5.32 Å². The molecule has 0 unspecified atom stereocenters. The van der Waals surface area contributed by atoms with Crippen LogP contribution in [0.1, 0.15) is 36.6 Å². The molecule has 2 aromatic rings. The lowest BCUT2D eigenvalue weighted by Gasteiger charge is -1.99. The van der Waals surface area contributed by atoms with Crippen LogP contribution in [-0.4, -0.2) is 30.1 Å². The summed E-state index contributed by atoms with van der Waals surface area (Å²) in [5.74, 6) is -1.59. The van der Waals surface area contributed by atoms with Gasteiger partial charge in [0.05, 0.1) is 18.2 Å². The predicted octanol–water partition coefficient (Wildman–Crippen LogP) is 2.73. The van der Waals surface area contributed by atoms with Gasteiger partial charge in [-0.2, -0.15) is 0 Å². The Hall–Kier alpha value is -3.15. The number of carbonyl (C=O) groups excluding carboxylic acids is 2. The van der Waals surface area contributed by atoms with E-state index < -0.39 is 11.9 Å². The highest BCUT2D eigenvalue weighted by Gasteiger charge is 2.14. The van der Waals surface area contributed by atoms with E-state index in [1.165, 1.54) is 31.4 Å². The molecular formula is C17H15NO5. The van der Waals surface area contributed by atoms with Crippen LogP contribution in [-0.2, 0) is 4.74 Å². The van der Waals surface area contributed by atoms with Crippen LogP contribution in [0.25, 0.3) is 0 Å². The molecule has 0 radical (unpaired) electrons. The van der Waals surface area contributed by atoms with Gasteiger partial charge in [-0.3, -0.25) is 4.79 Å². The molecule has 1 heterocycles. The fourth-order valence-corrected chi connectivity index (χ4v) is 2.09. The average molecular weight is 313 g/mol. The van der Waals surface area contributed by atoms with Gasteiger partial charge in [-0.15, -0.1) is 0 Å². The number of aromatic carboxylic acids is 1. The van der Waals surface area contributed by atoms with Gasteiger partial charge in [0, 0.05) is 11.3 Å². The fourth-order valence-electron chi connectivity index (χ4n) is 2.09. The van der Waals surface area contributed by atoms with Crippen molar-refractivity contribution in [1.29, 1.82) is 0 Å². The highest BCUT2D eigenvalue weighted by atomic mass is 16.5. The van der Waals surface area contributed by atoms with E-state index in [1.54, 1.807) is 0 Å². The summed E-state index contributed by atoms with van der Waals surface area (Å²) in [5, 5.41) is 11.3. The number of ether oxygens (including phenoxy) is 1. The zero-order valence-corrected chi connectivity index (χ0v) is 12.6. The molecule has 1 amide bonds. The number of anilines is 1. The number of methoxy groups -OCH3 is 1. The van der Waals surface area contributed by atoms with Crippen LogP contribution in [0, 0.1) is 6.92 Å². The van der Waals surface area contributed by atoms with Crippen LogP contribution in [0.4, 0.5) is 5.69 Å². The minimum atomic E-state index is -1.06. The Morgan fingerprint density at radius 2 is 1.78 bits per heavy atom. The molecule has 2 aromatic carbocycles. The molecule has 0 saturated carbocycles. The van der Waals surface area contributed by atoms with E-state index in [0.717, 1.165) is 16.8 Å². The standard InChI is InChI=1S/C9H8O4.C8H7NO/c1-13-9(12)7-4-2-3-6(5-7)8(10)11;1-5-2-6-4-7(3-5)9-8(6)10/h2-5H,1H3,(H,10,11);2-4H,1H3,(H,9,10). The highest BCUT2D eigenvalue weighted by Crippen LogP contribution is 2.21. The lowest BCUT2D eigenvalue weighted by molar-refractivity contribution is 0.0600. The second-order valence-electron chi connectivity index (χ2n) is 4.92. The van der Waals surface area contributed by atoms with E-state index in [2.05, 4.69) is 10.1 Å². The number of hydrogen-bond acceptors (Lipinski definition) is 4. The minimum absolute atomic E-state index is 0.0168. The number of fused-ring (bicyclic) bond motifs is 2. The van der Waals surface area contributed by atoms with Gasteiger partial charge >= 0.3 is 11.9 Å². The maximum atomic E-state index is 11.0. The molecule has 0 spiro atoms. The third-order valence-electron chi connectivity index (χ3n) is 3.13. The van der Waals surface area contributed by atoms with Crippen molar-refractivity contribution < 1.29 is 24.2 Å². The molecule has 1 aliphatic heterocycles. The van der Waals surface area contributed by atoms with Crippen molar-refractivity contribution in [2.24, 2.45) is 0 Å². The summed E-state index contributed by atoms with van der Waals surface area (Å²) in [6.45, 7) is 1.98. The summed E-state index contributed by atoms with van der Waals surface area (Å²) in [4.78, 5) is 32.4. The molecule has 0 aliphatic carbocycles. The summed E-state index contributed by atoms with van der Waals surface area (Å²) >= 11 is 0. The second kappa shape index (κ2) is 6.74. The Morgan fingerprint density at radius 3 is 2.39 bits per heavy atom. The molecule has 0 fully saturated rings. The minimum Gasteiger partial charge on any atom is -0.478 e. The Kier molecular flexibility index (Phi) is 4.75. The van der Waals surface area contributed by atoms with Gasteiger partial charge in [0.15, 0.2) is 0 Å². The lowest BCUT2D eigenvalue weighted by Crippen LogP contribution is -2.03. The smallest absolute Gasteiger partial charge is 0.337 e. The van der Waals surface area contributed by atoms with Gasteiger partial charge in [-0.05, 0) is 48.9 Å². The normalized spacial score (nSPS) is 11.1. The number of carboxylic acids is 1. The first kappa shape index (κ1) is 16.2. The Morgan fingerprint density at radius 1 is 1.09 bits per heavy atom. The largest absolute Gasteiger partial charge is 0.478 e. The number of aryl methyl sites for hydroxylation is 1. The molecule has 2 bridgehead atoms. The summed E-state index contributed by atoms with van der Waals surface area (Å²) in [5.41, 5.74) is 3.13. The van der Waals surface area contributed by atoms with Crippen LogP contribution in [0.15, 0.2) is 42.5 Å². The number of nitrogens with one attached hydrogen (secondary N) is 1. The van der Waals surface area contributed by atoms with Crippen molar-refractivity contribution >= 4 is 23.5 Å². The molecule has 1 aliphatic rings. The van der Waals surface area contributed by atoms with E-state index in [0.29, 0.717) is 0 Å². The molecule has 6 nitrogen and oxygen atoms in total. The van der Waals surface area contributed by atoms with Crippen LogP contribution in [0.5, 0.6) is 0 Å². The van der Waals surface area contributed by atoms with E-state index in [1.807, 2.05) is 25.1 Å². The van der Waals surface area contributed by atoms with E-state index in [-0.39, 0.29) is 17.0 Å². The van der Waals surface area contributed by atoms with Crippen molar-refractivity contribution in [2.75, 3.05) is 12.4 Å². The summed E-state index contributed by atoms with van der Waals surface area (Å²) in [6, 6.07) is 11.4. The van der Waals surface area contributed by atoms with Gasteiger partial charge in [0.25, 0.3) is 5.91 Å². The van der Waals surface area contributed by atoms with Crippen molar-refractivity contribution in [3.8, 4) is 0 Å². The third-order valence-corrected chi connectivity index (χ3v) is 3.13. The predicted molar refractivity (Wildman–Crippen MR) is 83.9 cm³/mol. The fraction of sp³-hybridized carbons (Fsp3) is 0.118. The van der Waals surface area contributed by atoms with Crippen LogP contribution in [0.2, 0.25) is 0 Å². The topological polar surface area (TPSA) is 92.7 Å². The molecule has 23 heavy (non-hydrogen) atoms. The zero-order chi connectivity index (χ0) is 17.0. The second-order valence-corrected chi connectivity index (χ2v) is 4.92. The van der Waals surface area contributed by atoms with E-state index >= 15 is 0 Å². The van der Waals surface area contributed by atoms with Gasteiger partial charge in [0.1, 0.15) is 0 Å². The number of carbonyl (C=O) groups is 3. The molecule has 0 atom stereocenters. The molecule has 0 aromatic heterocycles. The van der Waals surface area contributed by atoms with Crippen molar-refractivity contribution in [3.05, 3.63) is 64.7 Å². The first-order valence-electron chi connectivity index (χ1n) is 6.75. The molecule has 6 heteroatoms. The monoisotopic (exact) mass is 313 g/mol.